The van der Waals surface area contributed by atoms with E-state index in [1.807, 2.05) is 30.0 Å². The first-order chi connectivity index (χ1) is 10.7. The Morgan fingerprint density at radius 3 is 2.59 bits per heavy atom. The third-order valence-electron chi connectivity index (χ3n) is 3.80. The van der Waals surface area contributed by atoms with Crippen LogP contribution in [0.2, 0.25) is 0 Å². The average molecular weight is 303 g/mol. The topological polar surface area (TPSA) is 48.7 Å². The van der Waals surface area contributed by atoms with Gasteiger partial charge in [0.15, 0.2) is 5.76 Å². The van der Waals surface area contributed by atoms with Crippen molar-refractivity contribution < 1.29 is 9.21 Å². The Labute approximate surface area is 132 Å². The summed E-state index contributed by atoms with van der Waals surface area (Å²) < 4.78 is 5.70. The van der Waals surface area contributed by atoms with E-state index in [2.05, 4.69) is 23.4 Å². The smallest absolute Gasteiger partial charge is 0.289 e. The van der Waals surface area contributed by atoms with E-state index < -0.39 is 0 Å². The number of nitrogens with zero attached hydrogens (tertiary/aromatic N) is 2. The zero-order valence-corrected chi connectivity index (χ0v) is 13.3. The predicted octanol–water partition coefficient (Wildman–Crippen LogP) is 1.81. The highest BCUT2D eigenvalue weighted by Crippen LogP contribution is 2.18. The normalized spacial score (nSPS) is 15.1. The molecule has 5 nitrogen and oxygen atoms in total. The second kappa shape index (κ2) is 7.96. The van der Waals surface area contributed by atoms with E-state index >= 15 is 0 Å². The number of carbonyl (C=O) groups excluding carboxylic acids is 1. The van der Waals surface area contributed by atoms with Gasteiger partial charge in [0.25, 0.3) is 5.91 Å². The third kappa shape index (κ3) is 4.08. The molecule has 1 aromatic heterocycles. The number of rotatable bonds is 7. The lowest BCUT2D eigenvalue weighted by molar-refractivity contribution is 0.0702. The molecule has 1 fully saturated rings. The van der Waals surface area contributed by atoms with Gasteiger partial charge in [0, 0.05) is 51.4 Å². The van der Waals surface area contributed by atoms with E-state index in [1.54, 1.807) is 0 Å². The van der Waals surface area contributed by atoms with Crippen LogP contribution in [0.5, 0.6) is 0 Å². The van der Waals surface area contributed by atoms with E-state index in [0.717, 1.165) is 57.1 Å². The molecule has 0 spiro atoms. The van der Waals surface area contributed by atoms with Gasteiger partial charge in [0.2, 0.25) is 0 Å². The predicted molar refractivity (Wildman–Crippen MR) is 87.9 cm³/mol. The summed E-state index contributed by atoms with van der Waals surface area (Å²) in [5.74, 6) is 1.22. The molecule has 1 amide bonds. The van der Waals surface area contributed by atoms with Crippen LogP contribution in [0, 0.1) is 6.92 Å². The molecule has 2 rings (SSSR count). The Morgan fingerprint density at radius 2 is 2.00 bits per heavy atom. The standard InChI is InChI=1S/C17H25N3O2/c1-4-8-19(9-5-2)13-15-12-16(22-14(15)3)17(21)20-10-6-18-7-11-20/h4-5,12,18H,1-2,6-11,13H2,3H3. The lowest BCUT2D eigenvalue weighted by atomic mass is 10.2. The van der Waals surface area contributed by atoms with E-state index in [1.165, 1.54) is 0 Å². The fraction of sp³-hybridized carbons (Fsp3) is 0.471. The van der Waals surface area contributed by atoms with E-state index in [9.17, 15) is 4.79 Å². The zero-order chi connectivity index (χ0) is 15.9. The van der Waals surface area contributed by atoms with Gasteiger partial charge in [0.05, 0.1) is 0 Å². The maximum atomic E-state index is 12.5. The Balaban J connectivity index is 2.07. The summed E-state index contributed by atoms with van der Waals surface area (Å²) in [6.45, 7) is 14.9. The monoisotopic (exact) mass is 303 g/mol. The van der Waals surface area contributed by atoms with Crippen LogP contribution in [0.25, 0.3) is 0 Å². The summed E-state index contributed by atoms with van der Waals surface area (Å²) in [5, 5.41) is 3.24. The number of piperazine rings is 1. The number of hydrogen-bond donors (Lipinski definition) is 1. The number of furan rings is 1. The van der Waals surface area contributed by atoms with Crippen LogP contribution in [0.15, 0.2) is 35.8 Å². The molecule has 0 aliphatic carbocycles. The molecule has 1 N–H and O–H groups in total. The van der Waals surface area contributed by atoms with Crippen molar-refractivity contribution in [3.63, 3.8) is 0 Å². The zero-order valence-electron chi connectivity index (χ0n) is 13.3. The van der Waals surface area contributed by atoms with Crippen LogP contribution in [0.1, 0.15) is 21.9 Å². The van der Waals surface area contributed by atoms with Crippen molar-refractivity contribution in [2.24, 2.45) is 0 Å². The number of carbonyl (C=O) groups is 1. The number of hydrogen-bond acceptors (Lipinski definition) is 4. The molecule has 1 saturated heterocycles. The molecule has 0 saturated carbocycles. The van der Waals surface area contributed by atoms with Gasteiger partial charge in [0.1, 0.15) is 5.76 Å². The molecule has 1 aliphatic heterocycles. The molecular weight excluding hydrogens is 278 g/mol. The van der Waals surface area contributed by atoms with Crippen molar-refractivity contribution in [3.8, 4) is 0 Å². The highest BCUT2D eigenvalue weighted by molar-refractivity contribution is 5.91. The maximum absolute atomic E-state index is 12.5. The molecule has 22 heavy (non-hydrogen) atoms. The van der Waals surface area contributed by atoms with Gasteiger partial charge < -0.3 is 14.6 Å². The Hall–Kier alpha value is -1.85. The van der Waals surface area contributed by atoms with Gasteiger partial charge in [-0.3, -0.25) is 9.69 Å². The van der Waals surface area contributed by atoms with Crippen molar-refractivity contribution in [2.75, 3.05) is 39.3 Å². The van der Waals surface area contributed by atoms with Gasteiger partial charge in [-0.1, -0.05) is 12.2 Å². The van der Waals surface area contributed by atoms with Gasteiger partial charge in [-0.05, 0) is 13.0 Å². The molecule has 0 aromatic carbocycles. The van der Waals surface area contributed by atoms with Gasteiger partial charge >= 0.3 is 0 Å². The van der Waals surface area contributed by atoms with E-state index in [0.29, 0.717) is 5.76 Å². The Bertz CT molecular complexity index is 520. The first-order valence-corrected chi connectivity index (χ1v) is 7.69. The van der Waals surface area contributed by atoms with Crippen molar-refractivity contribution in [2.45, 2.75) is 13.5 Å². The summed E-state index contributed by atoms with van der Waals surface area (Å²) in [6.07, 6.45) is 3.73. The largest absolute Gasteiger partial charge is 0.456 e. The fourth-order valence-corrected chi connectivity index (χ4v) is 2.62. The lowest BCUT2D eigenvalue weighted by Crippen LogP contribution is -2.46. The maximum Gasteiger partial charge on any atom is 0.289 e. The lowest BCUT2D eigenvalue weighted by Gasteiger charge is -2.26. The van der Waals surface area contributed by atoms with Crippen LogP contribution in [-0.4, -0.2) is 55.0 Å². The van der Waals surface area contributed by atoms with Crippen molar-refractivity contribution in [3.05, 3.63) is 48.5 Å². The molecule has 0 radical (unpaired) electrons. The first kappa shape index (κ1) is 16.5. The van der Waals surface area contributed by atoms with E-state index in [-0.39, 0.29) is 5.91 Å². The summed E-state index contributed by atoms with van der Waals surface area (Å²) >= 11 is 0. The molecule has 1 aliphatic rings. The highest BCUT2D eigenvalue weighted by Gasteiger charge is 2.22. The number of nitrogens with one attached hydrogen (secondary N) is 1. The Kier molecular flexibility index (Phi) is 5.98. The van der Waals surface area contributed by atoms with Crippen molar-refractivity contribution >= 4 is 5.91 Å². The third-order valence-corrected chi connectivity index (χ3v) is 3.80. The SMILES string of the molecule is C=CCN(CC=C)Cc1cc(C(=O)N2CCNCC2)oc1C. The number of amides is 1. The van der Waals surface area contributed by atoms with Crippen LogP contribution in [0.3, 0.4) is 0 Å². The molecule has 5 heteroatoms. The van der Waals surface area contributed by atoms with E-state index in [4.69, 9.17) is 4.42 Å². The summed E-state index contributed by atoms with van der Waals surface area (Å²) in [4.78, 5) is 16.5. The molecule has 120 valence electrons. The van der Waals surface area contributed by atoms with Crippen LogP contribution in [0.4, 0.5) is 0 Å². The minimum absolute atomic E-state index is 0.0187. The van der Waals surface area contributed by atoms with Gasteiger partial charge in [-0.15, -0.1) is 13.2 Å². The first-order valence-electron chi connectivity index (χ1n) is 7.69. The van der Waals surface area contributed by atoms with Gasteiger partial charge in [-0.2, -0.15) is 0 Å². The second-order valence-corrected chi connectivity index (χ2v) is 5.51. The minimum Gasteiger partial charge on any atom is -0.456 e. The summed E-state index contributed by atoms with van der Waals surface area (Å²) in [7, 11) is 0. The molecule has 1 aromatic rings. The molecule has 2 heterocycles. The summed E-state index contributed by atoms with van der Waals surface area (Å²) in [5.41, 5.74) is 1.04. The highest BCUT2D eigenvalue weighted by atomic mass is 16.4. The summed E-state index contributed by atoms with van der Waals surface area (Å²) in [6, 6.07) is 1.87. The van der Waals surface area contributed by atoms with Crippen molar-refractivity contribution in [1.82, 2.24) is 15.1 Å². The molecular formula is C17H25N3O2. The average Bonchev–Trinajstić information content (AvgIpc) is 2.89. The Morgan fingerprint density at radius 1 is 1.36 bits per heavy atom. The van der Waals surface area contributed by atoms with Gasteiger partial charge in [-0.25, -0.2) is 0 Å². The fourth-order valence-electron chi connectivity index (χ4n) is 2.62. The second-order valence-electron chi connectivity index (χ2n) is 5.51. The minimum atomic E-state index is -0.0187. The van der Waals surface area contributed by atoms with Crippen molar-refractivity contribution in [1.29, 1.82) is 0 Å². The molecule has 0 bridgehead atoms. The molecule has 0 unspecified atom stereocenters. The van der Waals surface area contributed by atoms with Crippen LogP contribution < -0.4 is 5.32 Å². The molecule has 0 atom stereocenters. The quantitative estimate of drug-likeness (QED) is 0.781. The van der Waals surface area contributed by atoms with Crippen LogP contribution >= 0.6 is 0 Å². The number of aryl methyl sites for hydroxylation is 1. The van der Waals surface area contributed by atoms with Crippen LogP contribution in [-0.2, 0) is 6.54 Å².